The molecule has 2 aromatic carbocycles. The lowest BCUT2D eigenvalue weighted by Gasteiger charge is -2.14. The average molecular weight is 360 g/mol. The van der Waals surface area contributed by atoms with E-state index in [4.69, 9.17) is 21.1 Å². The molecule has 0 saturated carbocycles. The average Bonchev–Trinajstić information content (AvgIpc) is 2.51. The Morgan fingerprint density at radius 3 is 2.26 bits per heavy atom. The van der Waals surface area contributed by atoms with Crippen molar-refractivity contribution in [2.45, 2.75) is 11.8 Å². The molecule has 0 aliphatic carbocycles. The summed E-state index contributed by atoms with van der Waals surface area (Å²) in [5.74, 6) is 0.219. The number of hydrogen-bond acceptors (Lipinski definition) is 4. The van der Waals surface area contributed by atoms with Gasteiger partial charge in [-0.05, 0) is 30.7 Å². The molecule has 0 aliphatic heterocycles. The lowest BCUT2D eigenvalue weighted by Crippen LogP contribution is -2.14. The van der Waals surface area contributed by atoms with E-state index in [0.717, 1.165) is 6.07 Å². The fraction of sp³-hybridized carbons (Fsp3) is 0.200. The maximum absolute atomic E-state index is 13.3. The Bertz CT molecular complexity index is 840. The smallest absolute Gasteiger partial charge is 0.261 e. The molecule has 2 rings (SSSR count). The highest BCUT2D eigenvalue weighted by molar-refractivity contribution is 7.92. The second kappa shape index (κ2) is 6.64. The van der Waals surface area contributed by atoms with E-state index in [9.17, 15) is 12.8 Å². The van der Waals surface area contributed by atoms with Crippen molar-refractivity contribution >= 4 is 27.3 Å². The third kappa shape index (κ3) is 3.68. The molecule has 1 N–H and O–H groups in total. The van der Waals surface area contributed by atoms with Gasteiger partial charge in [0.25, 0.3) is 10.0 Å². The number of hydrogen-bond donors (Lipinski definition) is 1. The highest BCUT2D eigenvalue weighted by atomic mass is 35.5. The number of methoxy groups -OCH3 is 2. The predicted molar refractivity (Wildman–Crippen MR) is 86.5 cm³/mol. The summed E-state index contributed by atoms with van der Waals surface area (Å²) in [7, 11) is -1.05. The van der Waals surface area contributed by atoms with Crippen molar-refractivity contribution in [3.8, 4) is 11.5 Å². The Balaban J connectivity index is 2.42. The molecule has 0 aromatic heterocycles. The van der Waals surface area contributed by atoms with Gasteiger partial charge in [0.15, 0.2) is 11.5 Å². The number of ether oxygens (including phenoxy) is 2. The van der Waals surface area contributed by atoms with Crippen LogP contribution in [0.25, 0.3) is 0 Å². The highest BCUT2D eigenvalue weighted by Crippen LogP contribution is 2.37. The molecule has 23 heavy (non-hydrogen) atoms. The Morgan fingerprint density at radius 2 is 1.70 bits per heavy atom. The second-order valence-electron chi connectivity index (χ2n) is 4.70. The third-order valence-corrected chi connectivity index (χ3v) is 4.83. The van der Waals surface area contributed by atoms with Gasteiger partial charge in [0.2, 0.25) is 0 Å². The van der Waals surface area contributed by atoms with E-state index >= 15 is 0 Å². The molecular weight excluding hydrogens is 345 g/mol. The number of nitrogens with one attached hydrogen (secondary N) is 1. The van der Waals surface area contributed by atoms with Gasteiger partial charge in [0.1, 0.15) is 5.82 Å². The van der Waals surface area contributed by atoms with E-state index in [1.165, 1.54) is 45.4 Å². The van der Waals surface area contributed by atoms with E-state index in [1.807, 2.05) is 0 Å². The molecule has 0 spiro atoms. The Kier molecular flexibility index (Phi) is 5.01. The van der Waals surface area contributed by atoms with Crippen molar-refractivity contribution in [3.63, 3.8) is 0 Å². The molecule has 0 aliphatic rings. The predicted octanol–water partition coefficient (Wildman–Crippen LogP) is 3.61. The van der Waals surface area contributed by atoms with Crippen LogP contribution in [0.4, 0.5) is 10.1 Å². The molecule has 8 heteroatoms. The fourth-order valence-electron chi connectivity index (χ4n) is 1.92. The Morgan fingerprint density at radius 1 is 1.09 bits per heavy atom. The molecule has 124 valence electrons. The molecule has 0 radical (unpaired) electrons. The van der Waals surface area contributed by atoms with Crippen molar-refractivity contribution < 1.29 is 22.3 Å². The number of sulfonamides is 1. The Labute approximate surface area is 139 Å². The molecule has 0 bridgehead atoms. The molecule has 0 amide bonds. The summed E-state index contributed by atoms with van der Waals surface area (Å²) in [6.45, 7) is 1.48. The van der Waals surface area contributed by atoms with E-state index < -0.39 is 15.8 Å². The molecule has 2 aromatic rings. The van der Waals surface area contributed by atoms with Gasteiger partial charge >= 0.3 is 0 Å². The van der Waals surface area contributed by atoms with Gasteiger partial charge in [-0.15, -0.1) is 0 Å². The van der Waals surface area contributed by atoms with Crippen LogP contribution in [-0.2, 0) is 10.0 Å². The third-order valence-electron chi connectivity index (χ3n) is 3.16. The SMILES string of the molecule is COc1cc(Cl)c(NS(=O)(=O)c2ccc(F)c(C)c2)cc1OC. The van der Waals surface area contributed by atoms with Gasteiger partial charge in [-0.2, -0.15) is 0 Å². The van der Waals surface area contributed by atoms with Crippen molar-refractivity contribution in [2.75, 3.05) is 18.9 Å². The number of aryl methyl sites for hydroxylation is 1. The van der Waals surface area contributed by atoms with Crippen molar-refractivity contribution in [1.29, 1.82) is 0 Å². The van der Waals surface area contributed by atoms with Crippen LogP contribution in [-0.4, -0.2) is 22.6 Å². The van der Waals surface area contributed by atoms with Gasteiger partial charge in [-0.25, -0.2) is 12.8 Å². The lowest BCUT2D eigenvalue weighted by atomic mass is 10.2. The summed E-state index contributed by atoms with van der Waals surface area (Å²) in [6, 6.07) is 6.37. The van der Waals surface area contributed by atoms with Crippen molar-refractivity contribution in [1.82, 2.24) is 0 Å². The second-order valence-corrected chi connectivity index (χ2v) is 6.79. The summed E-state index contributed by atoms with van der Waals surface area (Å²) in [5.41, 5.74) is 0.359. The number of benzene rings is 2. The largest absolute Gasteiger partial charge is 0.493 e. The van der Waals surface area contributed by atoms with Crippen LogP contribution in [0.15, 0.2) is 35.2 Å². The van der Waals surface area contributed by atoms with Crippen LogP contribution in [0.5, 0.6) is 11.5 Å². The van der Waals surface area contributed by atoms with Gasteiger partial charge in [-0.1, -0.05) is 11.6 Å². The zero-order valence-electron chi connectivity index (χ0n) is 12.7. The minimum atomic E-state index is -3.92. The first kappa shape index (κ1) is 17.4. The standard InChI is InChI=1S/C15H15ClFNO4S/c1-9-6-10(4-5-12(9)17)23(19,20)18-13-8-15(22-3)14(21-2)7-11(13)16/h4-8,18H,1-3H3. The fourth-order valence-corrected chi connectivity index (χ4v) is 3.33. The summed E-state index contributed by atoms with van der Waals surface area (Å²) >= 11 is 6.06. The Hall–Kier alpha value is -1.99. The normalized spacial score (nSPS) is 11.2. The molecule has 0 heterocycles. The topological polar surface area (TPSA) is 64.6 Å². The lowest BCUT2D eigenvalue weighted by molar-refractivity contribution is 0.355. The summed E-state index contributed by atoms with van der Waals surface area (Å²) in [5, 5.41) is 0.144. The van der Waals surface area contributed by atoms with E-state index in [2.05, 4.69) is 4.72 Å². The summed E-state index contributed by atoms with van der Waals surface area (Å²) in [4.78, 5) is -0.0674. The maximum atomic E-state index is 13.3. The van der Waals surface area contributed by atoms with Crippen LogP contribution in [0.2, 0.25) is 5.02 Å². The maximum Gasteiger partial charge on any atom is 0.261 e. The molecule has 0 fully saturated rings. The van der Waals surface area contributed by atoms with Crippen LogP contribution in [0.3, 0.4) is 0 Å². The van der Waals surface area contributed by atoms with Crippen LogP contribution >= 0.6 is 11.6 Å². The van der Waals surface area contributed by atoms with Gasteiger partial charge in [0.05, 0.1) is 29.8 Å². The van der Waals surface area contributed by atoms with E-state index in [-0.39, 0.29) is 21.2 Å². The van der Waals surface area contributed by atoms with Crippen molar-refractivity contribution in [2.24, 2.45) is 0 Å². The first-order valence-electron chi connectivity index (χ1n) is 6.49. The van der Waals surface area contributed by atoms with Crippen LogP contribution in [0, 0.1) is 12.7 Å². The quantitative estimate of drug-likeness (QED) is 0.885. The molecule has 0 unspecified atom stereocenters. The van der Waals surface area contributed by atoms with Gasteiger partial charge < -0.3 is 9.47 Å². The highest BCUT2D eigenvalue weighted by Gasteiger charge is 2.19. The zero-order valence-corrected chi connectivity index (χ0v) is 14.3. The van der Waals surface area contributed by atoms with Crippen molar-refractivity contribution in [3.05, 3.63) is 46.7 Å². The molecule has 0 saturated heterocycles. The van der Waals surface area contributed by atoms with Gasteiger partial charge in [-0.3, -0.25) is 4.72 Å². The van der Waals surface area contributed by atoms with E-state index in [1.54, 1.807) is 0 Å². The minimum absolute atomic E-state index is 0.0674. The number of anilines is 1. The van der Waals surface area contributed by atoms with Crippen LogP contribution in [0.1, 0.15) is 5.56 Å². The summed E-state index contributed by atoms with van der Waals surface area (Å²) < 4.78 is 50.7. The molecule has 5 nitrogen and oxygen atoms in total. The monoisotopic (exact) mass is 359 g/mol. The summed E-state index contributed by atoms with van der Waals surface area (Å²) in [6.07, 6.45) is 0. The van der Waals surface area contributed by atoms with E-state index in [0.29, 0.717) is 11.5 Å². The number of halogens is 2. The first-order chi connectivity index (χ1) is 10.8. The minimum Gasteiger partial charge on any atom is -0.493 e. The van der Waals surface area contributed by atoms with Gasteiger partial charge in [0, 0.05) is 12.1 Å². The number of rotatable bonds is 5. The zero-order chi connectivity index (χ0) is 17.2. The molecular formula is C15H15ClFNO4S. The first-order valence-corrected chi connectivity index (χ1v) is 8.35. The van der Waals surface area contributed by atoms with Crippen LogP contribution < -0.4 is 14.2 Å². The molecule has 0 atom stereocenters.